The highest BCUT2D eigenvalue weighted by atomic mass is 35.5. The lowest BCUT2D eigenvalue weighted by Crippen LogP contribution is -2.24. The minimum Gasteiger partial charge on any atom is -0.378 e. The Balaban J connectivity index is 1.38. The number of Topliss-reactive ketones (excluding diaryl/α,β-unsaturated/α-hetero) is 1. The van der Waals surface area contributed by atoms with Crippen LogP contribution in [0, 0.1) is 29.4 Å². The van der Waals surface area contributed by atoms with E-state index in [-0.39, 0.29) is 57.9 Å². The van der Waals surface area contributed by atoms with Gasteiger partial charge in [-0.15, -0.1) is 0 Å². The van der Waals surface area contributed by atoms with Gasteiger partial charge in [0.25, 0.3) is 5.92 Å². The maximum atomic E-state index is 15.2. The van der Waals surface area contributed by atoms with Crippen molar-refractivity contribution in [2.24, 2.45) is 13.0 Å². The van der Waals surface area contributed by atoms with Crippen molar-refractivity contribution < 1.29 is 35.9 Å². The molecule has 276 valence electrons. The number of rotatable bonds is 10. The predicted molar refractivity (Wildman–Crippen MR) is 190 cm³/mol. The first kappa shape index (κ1) is 36.8. The highest BCUT2D eigenvalue weighted by Gasteiger charge is 2.65. The number of carbonyl (C=O) groups excluding carboxylic acids is 1. The molecule has 2 aliphatic carbocycles. The Bertz CT molecular complexity index is 2480. The molecule has 1 N–H and O–H groups in total. The van der Waals surface area contributed by atoms with Gasteiger partial charge in [0.15, 0.2) is 15.6 Å². The number of aromatic nitrogens is 5. The van der Waals surface area contributed by atoms with Crippen molar-refractivity contribution in [1.29, 1.82) is 0 Å². The molecular weight excluding hydrogens is 734 g/mol. The van der Waals surface area contributed by atoms with Gasteiger partial charge in [0.1, 0.15) is 35.2 Å². The van der Waals surface area contributed by atoms with E-state index in [9.17, 15) is 27.1 Å². The number of aliphatic hydroxyl groups is 1. The number of hydrogen-bond donors (Lipinski definition) is 1. The lowest BCUT2D eigenvalue weighted by atomic mass is 9.86. The van der Waals surface area contributed by atoms with E-state index in [1.807, 2.05) is 0 Å². The number of ketones is 1. The molecule has 0 amide bonds. The van der Waals surface area contributed by atoms with Gasteiger partial charge < -0.3 is 5.11 Å². The Labute approximate surface area is 307 Å². The van der Waals surface area contributed by atoms with Crippen LogP contribution in [-0.4, -0.2) is 55.7 Å². The summed E-state index contributed by atoms with van der Waals surface area (Å²) in [6.45, 7) is 2.53. The molecule has 0 bridgehead atoms. The van der Waals surface area contributed by atoms with Gasteiger partial charge in [0.2, 0.25) is 0 Å². The lowest BCUT2D eigenvalue weighted by molar-refractivity contribution is -0.120. The molecule has 2 aromatic carbocycles. The number of sulfone groups is 1. The third-order valence-corrected chi connectivity index (χ3v) is 10.7. The first-order chi connectivity index (χ1) is 24.8. The number of nitrogens with zero attached hydrogens (tertiary/aromatic N) is 5. The van der Waals surface area contributed by atoms with Crippen LogP contribution in [0.15, 0.2) is 48.7 Å². The topological polar surface area (TPSA) is 120 Å². The van der Waals surface area contributed by atoms with Crippen molar-refractivity contribution in [2.45, 2.75) is 68.8 Å². The van der Waals surface area contributed by atoms with Gasteiger partial charge in [-0.25, -0.2) is 22.2 Å². The summed E-state index contributed by atoms with van der Waals surface area (Å²) in [6, 6.07) is 9.59. The molecule has 3 aromatic heterocycles. The van der Waals surface area contributed by atoms with Crippen LogP contribution in [0.5, 0.6) is 0 Å². The monoisotopic (exact) mass is 767 g/mol. The minimum atomic E-state index is -3.52. The second-order valence-electron chi connectivity index (χ2n) is 14.5. The van der Waals surface area contributed by atoms with Gasteiger partial charge >= 0.3 is 0 Å². The molecule has 0 aliphatic heterocycles. The molecule has 0 saturated heterocycles. The third-order valence-electron chi connectivity index (χ3n) is 9.55. The fourth-order valence-electron chi connectivity index (χ4n) is 7.38. The standard InChI is InChI=1S/C38H34ClF4N5O4S/c1-37(2,50)10-9-24-5-6-26(27-7-8-31(39)33-32(19-53(4,51)52)46-47(3)35(27)33)34(45-24)21(11-20-12-22(40)15-23(41)13-20)14-25(49)18-48-36-29(17-44-48)28-16-30(28)38(36,42)43/h5-8,12-13,15,17,21,28,30,50H,11,14,16,18-19H2,1-4H3/t21-,28-,30-/m1/s1. The Kier molecular flexibility index (Phi) is 9.07. The number of aryl methyl sites for hydroxylation is 1. The number of halogens is 5. The Morgan fingerprint density at radius 2 is 1.83 bits per heavy atom. The number of benzene rings is 2. The van der Waals surface area contributed by atoms with E-state index in [0.717, 1.165) is 29.1 Å². The molecule has 2 aliphatic rings. The summed E-state index contributed by atoms with van der Waals surface area (Å²) in [5.41, 5.74) is 1.16. The van der Waals surface area contributed by atoms with Crippen LogP contribution in [0.3, 0.4) is 0 Å². The molecule has 5 aromatic rings. The van der Waals surface area contributed by atoms with Crippen LogP contribution in [0.4, 0.5) is 17.6 Å². The van der Waals surface area contributed by atoms with Gasteiger partial charge in [-0.2, -0.15) is 19.0 Å². The molecule has 9 nitrogen and oxygen atoms in total. The van der Waals surface area contributed by atoms with Gasteiger partial charge in [-0.1, -0.05) is 23.6 Å². The fourth-order valence-corrected chi connectivity index (χ4v) is 8.34. The maximum Gasteiger partial charge on any atom is 0.293 e. The Morgan fingerprint density at radius 3 is 2.51 bits per heavy atom. The quantitative estimate of drug-likeness (QED) is 0.125. The second kappa shape index (κ2) is 13.1. The Morgan fingerprint density at radius 1 is 1.13 bits per heavy atom. The van der Waals surface area contributed by atoms with Crippen LogP contribution >= 0.6 is 11.6 Å². The molecular formula is C38H34ClF4N5O4S. The van der Waals surface area contributed by atoms with E-state index >= 15 is 8.78 Å². The molecule has 53 heavy (non-hydrogen) atoms. The molecule has 7 rings (SSSR count). The van der Waals surface area contributed by atoms with Crippen molar-refractivity contribution in [3.8, 4) is 23.0 Å². The zero-order valence-electron chi connectivity index (χ0n) is 29.1. The minimum absolute atomic E-state index is 0.0955. The van der Waals surface area contributed by atoms with Crippen LogP contribution in [0.2, 0.25) is 5.02 Å². The Hall–Kier alpha value is -4.58. The van der Waals surface area contributed by atoms with E-state index in [1.54, 1.807) is 31.3 Å². The average molecular weight is 768 g/mol. The smallest absolute Gasteiger partial charge is 0.293 e. The SMILES string of the molecule is Cn1nc(CS(C)(=O)=O)c2c(Cl)ccc(-c3ccc(C#CC(C)(C)O)nc3[C@@H](CC(=O)Cn3ncc4c3C(F)(F)[C@@H]3C[C@H]43)Cc3cc(F)cc(F)c3)c21. The number of alkyl halides is 2. The molecule has 0 spiro atoms. The molecule has 0 radical (unpaired) electrons. The summed E-state index contributed by atoms with van der Waals surface area (Å²) < 4.78 is 86.6. The predicted octanol–water partition coefficient (Wildman–Crippen LogP) is 6.63. The van der Waals surface area contributed by atoms with E-state index < -0.39 is 57.2 Å². The molecule has 3 atom stereocenters. The zero-order chi connectivity index (χ0) is 38.2. The summed E-state index contributed by atoms with van der Waals surface area (Å²) in [7, 11) is -1.89. The van der Waals surface area contributed by atoms with E-state index in [4.69, 9.17) is 16.6 Å². The maximum absolute atomic E-state index is 15.2. The van der Waals surface area contributed by atoms with E-state index in [0.29, 0.717) is 34.0 Å². The summed E-state index contributed by atoms with van der Waals surface area (Å²) in [5, 5.41) is 19.6. The van der Waals surface area contributed by atoms with Gasteiger partial charge in [-0.05, 0) is 74.4 Å². The van der Waals surface area contributed by atoms with Crippen molar-refractivity contribution in [3.63, 3.8) is 0 Å². The van der Waals surface area contributed by atoms with Crippen molar-refractivity contribution in [3.05, 3.63) is 99.2 Å². The van der Waals surface area contributed by atoms with Crippen LogP contribution in [0.25, 0.3) is 22.0 Å². The number of fused-ring (bicyclic) bond motifs is 4. The largest absolute Gasteiger partial charge is 0.378 e. The normalized spacial score (nSPS) is 18.0. The molecule has 3 heterocycles. The van der Waals surface area contributed by atoms with Crippen LogP contribution in [0.1, 0.15) is 72.4 Å². The zero-order valence-corrected chi connectivity index (χ0v) is 30.7. The second-order valence-corrected chi connectivity index (χ2v) is 17.0. The summed E-state index contributed by atoms with van der Waals surface area (Å²) >= 11 is 6.64. The average Bonchev–Trinajstić information content (AvgIpc) is 3.57. The van der Waals surface area contributed by atoms with Gasteiger partial charge in [0, 0.05) is 59.7 Å². The number of carbonyl (C=O) groups is 1. The summed E-state index contributed by atoms with van der Waals surface area (Å²) in [6.07, 6.45) is 2.45. The van der Waals surface area contributed by atoms with Crippen molar-refractivity contribution in [2.75, 3.05) is 6.26 Å². The first-order valence-electron chi connectivity index (χ1n) is 16.8. The van der Waals surface area contributed by atoms with Crippen LogP contribution in [-0.2, 0) is 46.3 Å². The number of pyridine rings is 1. The van der Waals surface area contributed by atoms with E-state index in [1.165, 1.54) is 24.7 Å². The van der Waals surface area contributed by atoms with Gasteiger partial charge in [-0.3, -0.25) is 14.2 Å². The first-order valence-corrected chi connectivity index (χ1v) is 19.2. The highest BCUT2D eigenvalue weighted by molar-refractivity contribution is 7.89. The molecule has 1 saturated carbocycles. The van der Waals surface area contributed by atoms with E-state index in [2.05, 4.69) is 22.0 Å². The lowest BCUT2D eigenvalue weighted by Gasteiger charge is -2.22. The highest BCUT2D eigenvalue weighted by Crippen LogP contribution is 2.66. The molecule has 0 unspecified atom stereocenters. The van der Waals surface area contributed by atoms with Crippen LogP contribution < -0.4 is 0 Å². The molecule has 15 heteroatoms. The van der Waals surface area contributed by atoms with Gasteiger partial charge in [0.05, 0.1) is 33.9 Å². The van der Waals surface area contributed by atoms with Crippen molar-refractivity contribution >= 4 is 38.1 Å². The molecule has 1 fully saturated rings. The van der Waals surface area contributed by atoms with Crippen molar-refractivity contribution in [1.82, 2.24) is 24.5 Å². The number of hydrogen-bond acceptors (Lipinski definition) is 7. The summed E-state index contributed by atoms with van der Waals surface area (Å²) in [4.78, 5) is 18.8. The third kappa shape index (κ3) is 7.34. The fraction of sp³-hybridized carbons (Fsp3) is 0.368. The summed E-state index contributed by atoms with van der Waals surface area (Å²) in [5.74, 6) is -2.05.